The zero-order valence-corrected chi connectivity index (χ0v) is 11.0. The number of thioether (sulfide) groups is 1. The number of methoxy groups -OCH3 is 1. The molecule has 0 aromatic carbocycles. The van der Waals surface area contributed by atoms with Crippen LogP contribution in [0.2, 0.25) is 0 Å². The number of rotatable bonds is 6. The van der Waals surface area contributed by atoms with Crippen LogP contribution in [0.1, 0.15) is 0 Å². The van der Waals surface area contributed by atoms with Crippen LogP contribution in [0.5, 0.6) is 5.88 Å². The first-order chi connectivity index (χ1) is 8.62. The van der Waals surface area contributed by atoms with E-state index in [9.17, 15) is 4.79 Å². The molecule has 0 saturated heterocycles. The monoisotopic (exact) mass is 266 g/mol. The third kappa shape index (κ3) is 3.49. The molecule has 0 bridgehead atoms. The van der Waals surface area contributed by atoms with Crippen molar-refractivity contribution in [3.8, 4) is 5.88 Å². The number of aliphatic imine (C=N–C) groups is 1. The molecule has 7 heteroatoms. The Labute approximate surface area is 109 Å². The fraction of sp³-hybridized carbons (Fsp3) is 0.182. The Morgan fingerprint density at radius 3 is 2.72 bits per heavy atom. The van der Waals surface area contributed by atoms with Crippen LogP contribution in [0.3, 0.4) is 0 Å². The first-order valence-electron chi connectivity index (χ1n) is 4.98. The number of carbonyl (C=O) groups excluding carboxylic acids is 1. The maximum absolute atomic E-state index is 11.2. The summed E-state index contributed by atoms with van der Waals surface area (Å²) in [7, 11) is 3.22. The SMILES string of the molecule is C=N/C(C(N)=O)=C(/NC)Sc1ccc(OC)nc1. The summed E-state index contributed by atoms with van der Waals surface area (Å²) in [6, 6.07) is 3.54. The average Bonchev–Trinajstić information content (AvgIpc) is 2.38. The fourth-order valence-corrected chi connectivity index (χ4v) is 1.99. The van der Waals surface area contributed by atoms with Gasteiger partial charge in [-0.1, -0.05) is 11.8 Å². The predicted octanol–water partition coefficient (Wildman–Crippen LogP) is 0.757. The van der Waals surface area contributed by atoms with Crippen LogP contribution in [-0.4, -0.2) is 31.8 Å². The number of amides is 1. The summed E-state index contributed by atoms with van der Waals surface area (Å²) in [5.41, 5.74) is 5.30. The van der Waals surface area contributed by atoms with Gasteiger partial charge in [-0.15, -0.1) is 0 Å². The van der Waals surface area contributed by atoms with Gasteiger partial charge in [-0.05, 0) is 12.8 Å². The van der Waals surface area contributed by atoms with E-state index >= 15 is 0 Å². The van der Waals surface area contributed by atoms with Crippen LogP contribution in [-0.2, 0) is 4.79 Å². The molecule has 0 unspecified atom stereocenters. The zero-order chi connectivity index (χ0) is 13.5. The number of pyridine rings is 1. The standard InChI is InChI=1S/C11H14N4O2S/c1-13-9(10(12)16)11(14-2)18-7-4-5-8(17-3)15-6-7/h4-6,14H,1H2,2-3H3,(H2,12,16)/b11-9-. The van der Waals surface area contributed by atoms with Crippen molar-refractivity contribution in [1.82, 2.24) is 10.3 Å². The molecule has 0 spiro atoms. The van der Waals surface area contributed by atoms with E-state index in [1.165, 1.54) is 11.8 Å². The first-order valence-corrected chi connectivity index (χ1v) is 5.80. The van der Waals surface area contributed by atoms with Gasteiger partial charge in [0.15, 0.2) is 5.70 Å². The van der Waals surface area contributed by atoms with Crippen molar-refractivity contribution >= 4 is 24.4 Å². The molecule has 1 amide bonds. The Hall–Kier alpha value is -2.02. The zero-order valence-electron chi connectivity index (χ0n) is 10.1. The lowest BCUT2D eigenvalue weighted by Crippen LogP contribution is -2.18. The second kappa shape index (κ2) is 6.65. The van der Waals surface area contributed by atoms with Crippen molar-refractivity contribution < 1.29 is 9.53 Å². The lowest BCUT2D eigenvalue weighted by Gasteiger charge is -2.08. The van der Waals surface area contributed by atoms with E-state index in [1.54, 1.807) is 26.4 Å². The van der Waals surface area contributed by atoms with Gasteiger partial charge < -0.3 is 15.8 Å². The van der Waals surface area contributed by atoms with Gasteiger partial charge in [0.25, 0.3) is 5.91 Å². The molecule has 1 aromatic heterocycles. The van der Waals surface area contributed by atoms with Gasteiger partial charge in [-0.2, -0.15) is 0 Å². The van der Waals surface area contributed by atoms with E-state index in [-0.39, 0.29) is 5.70 Å². The molecule has 1 rings (SSSR count). The third-order valence-electron chi connectivity index (χ3n) is 1.97. The number of nitrogens with one attached hydrogen (secondary N) is 1. The van der Waals surface area contributed by atoms with E-state index in [1.807, 2.05) is 6.07 Å². The van der Waals surface area contributed by atoms with Gasteiger partial charge in [0.1, 0.15) is 5.03 Å². The van der Waals surface area contributed by atoms with Crippen LogP contribution in [0, 0.1) is 0 Å². The van der Waals surface area contributed by atoms with Crippen molar-refractivity contribution in [3.05, 3.63) is 29.1 Å². The Morgan fingerprint density at radius 2 is 2.33 bits per heavy atom. The number of carbonyl (C=O) groups is 1. The van der Waals surface area contributed by atoms with Gasteiger partial charge in [0.05, 0.1) is 7.11 Å². The summed E-state index contributed by atoms with van der Waals surface area (Å²) in [5, 5.41) is 3.38. The summed E-state index contributed by atoms with van der Waals surface area (Å²) in [6.07, 6.45) is 1.63. The molecule has 1 heterocycles. The molecule has 96 valence electrons. The van der Waals surface area contributed by atoms with E-state index in [4.69, 9.17) is 10.5 Å². The molecule has 0 aliphatic rings. The summed E-state index contributed by atoms with van der Waals surface area (Å²) in [6.45, 7) is 3.32. The van der Waals surface area contributed by atoms with Gasteiger partial charge in [0.2, 0.25) is 5.88 Å². The molecule has 0 fully saturated rings. The molecule has 1 aromatic rings. The highest BCUT2D eigenvalue weighted by molar-refractivity contribution is 8.03. The minimum atomic E-state index is -0.636. The van der Waals surface area contributed by atoms with Crippen molar-refractivity contribution in [2.45, 2.75) is 4.90 Å². The van der Waals surface area contributed by atoms with Gasteiger partial charge in [-0.25, -0.2) is 4.98 Å². The van der Waals surface area contributed by atoms with E-state index < -0.39 is 5.91 Å². The molecular weight excluding hydrogens is 252 g/mol. The first kappa shape index (κ1) is 14.0. The average molecular weight is 266 g/mol. The van der Waals surface area contributed by atoms with Crippen molar-refractivity contribution in [2.75, 3.05) is 14.2 Å². The highest BCUT2D eigenvalue weighted by Crippen LogP contribution is 2.27. The fourth-order valence-electron chi connectivity index (χ4n) is 1.15. The lowest BCUT2D eigenvalue weighted by molar-refractivity contribution is -0.114. The van der Waals surface area contributed by atoms with Crippen molar-refractivity contribution in [1.29, 1.82) is 0 Å². The maximum Gasteiger partial charge on any atom is 0.270 e. The highest BCUT2D eigenvalue weighted by atomic mass is 32.2. The second-order valence-corrected chi connectivity index (χ2v) is 4.17. The lowest BCUT2D eigenvalue weighted by atomic mass is 10.4. The summed E-state index contributed by atoms with van der Waals surface area (Å²) < 4.78 is 4.96. The smallest absolute Gasteiger partial charge is 0.270 e. The maximum atomic E-state index is 11.2. The van der Waals surface area contributed by atoms with E-state index in [0.29, 0.717) is 10.9 Å². The summed E-state index contributed by atoms with van der Waals surface area (Å²) >= 11 is 1.28. The summed E-state index contributed by atoms with van der Waals surface area (Å²) in [5.74, 6) is -0.116. The molecule has 3 N–H and O–H groups in total. The van der Waals surface area contributed by atoms with Crippen molar-refractivity contribution in [2.24, 2.45) is 10.7 Å². The Bertz CT molecular complexity index is 470. The van der Waals surface area contributed by atoms with Crippen LogP contribution < -0.4 is 15.8 Å². The van der Waals surface area contributed by atoms with Gasteiger partial charge in [-0.3, -0.25) is 9.79 Å². The molecular formula is C11H14N4O2S. The largest absolute Gasteiger partial charge is 0.481 e. The normalized spacial score (nSPS) is 11.4. The summed E-state index contributed by atoms with van der Waals surface area (Å²) in [4.78, 5) is 19.7. The third-order valence-corrected chi connectivity index (χ3v) is 3.05. The number of hydrogen-bond acceptors (Lipinski definition) is 6. The number of hydrogen-bond donors (Lipinski definition) is 2. The molecule has 6 nitrogen and oxygen atoms in total. The topological polar surface area (TPSA) is 89.6 Å². The quantitative estimate of drug-likeness (QED) is 0.450. The van der Waals surface area contributed by atoms with Crippen LogP contribution >= 0.6 is 11.8 Å². The van der Waals surface area contributed by atoms with E-state index in [2.05, 4.69) is 22.0 Å². The Kier molecular flexibility index (Phi) is 5.19. The minimum absolute atomic E-state index is 0.0957. The van der Waals surface area contributed by atoms with Crippen LogP contribution in [0.15, 0.2) is 38.9 Å². The van der Waals surface area contributed by atoms with E-state index in [0.717, 1.165) is 4.90 Å². The highest BCUT2D eigenvalue weighted by Gasteiger charge is 2.11. The van der Waals surface area contributed by atoms with Crippen LogP contribution in [0.4, 0.5) is 0 Å². The number of nitrogens with zero attached hydrogens (tertiary/aromatic N) is 2. The number of nitrogens with two attached hydrogens (primary N) is 1. The molecule has 0 aliphatic carbocycles. The predicted molar refractivity (Wildman–Crippen MR) is 71.5 cm³/mol. The second-order valence-electron chi connectivity index (χ2n) is 3.09. The van der Waals surface area contributed by atoms with Crippen LogP contribution in [0.25, 0.3) is 0 Å². The molecule has 0 aliphatic heterocycles. The van der Waals surface area contributed by atoms with Crippen molar-refractivity contribution in [3.63, 3.8) is 0 Å². The molecule has 18 heavy (non-hydrogen) atoms. The molecule has 0 radical (unpaired) electrons. The molecule has 0 saturated carbocycles. The number of aromatic nitrogens is 1. The Balaban J connectivity index is 2.98. The number of primary amides is 1. The van der Waals surface area contributed by atoms with Gasteiger partial charge >= 0.3 is 0 Å². The minimum Gasteiger partial charge on any atom is -0.481 e. The van der Waals surface area contributed by atoms with Gasteiger partial charge in [0, 0.05) is 24.2 Å². The Morgan fingerprint density at radius 1 is 1.61 bits per heavy atom. The molecule has 0 atom stereocenters. The number of ether oxygens (including phenoxy) is 1.